The quantitative estimate of drug-likeness (QED) is 0.585. The first-order valence-corrected chi connectivity index (χ1v) is 10.5. The molecule has 8 heteroatoms. The first-order chi connectivity index (χ1) is 14.7. The fourth-order valence-corrected chi connectivity index (χ4v) is 3.71. The molecule has 4 atom stereocenters. The van der Waals surface area contributed by atoms with Crippen LogP contribution in [-0.4, -0.2) is 58.5 Å². The molecule has 7 nitrogen and oxygen atoms in total. The average Bonchev–Trinajstić information content (AvgIpc) is 3.26. The fourth-order valence-electron chi connectivity index (χ4n) is 3.71. The van der Waals surface area contributed by atoms with Gasteiger partial charge in [-0.25, -0.2) is 9.18 Å². The van der Waals surface area contributed by atoms with Crippen LogP contribution in [0.15, 0.2) is 30.1 Å². The Morgan fingerprint density at radius 3 is 2.48 bits per heavy atom. The molecule has 3 N–H and O–H groups in total. The minimum absolute atomic E-state index is 0.0362. The number of phenolic OH excluding ortho intramolecular Hbond substituents is 1. The van der Waals surface area contributed by atoms with Gasteiger partial charge in [0.2, 0.25) is 5.78 Å². The number of halogens is 1. The maximum Gasteiger partial charge on any atom is 0.342 e. The lowest BCUT2D eigenvalue weighted by atomic mass is 9.98. The number of nitrogens with zero attached hydrogens (tertiary/aromatic N) is 1. The van der Waals surface area contributed by atoms with E-state index >= 15 is 0 Å². The summed E-state index contributed by atoms with van der Waals surface area (Å²) in [6.45, 7) is 4.77. The number of ketones is 1. The molecule has 1 aromatic rings. The minimum Gasteiger partial charge on any atom is -0.507 e. The van der Waals surface area contributed by atoms with Gasteiger partial charge < -0.3 is 25.0 Å². The van der Waals surface area contributed by atoms with Gasteiger partial charge in [-0.1, -0.05) is 19.1 Å². The van der Waals surface area contributed by atoms with Crippen LogP contribution in [0, 0.1) is 5.92 Å². The van der Waals surface area contributed by atoms with E-state index in [0.717, 1.165) is 37.7 Å². The molecule has 1 fully saturated rings. The van der Waals surface area contributed by atoms with Crippen LogP contribution in [0.2, 0.25) is 0 Å². The molecule has 1 aromatic carbocycles. The molecule has 3 rings (SSSR count). The van der Waals surface area contributed by atoms with Crippen molar-refractivity contribution >= 4 is 23.5 Å². The number of aliphatic hydroxyl groups is 2. The van der Waals surface area contributed by atoms with Crippen molar-refractivity contribution in [2.24, 2.45) is 5.92 Å². The van der Waals surface area contributed by atoms with Crippen molar-refractivity contribution in [2.45, 2.75) is 51.4 Å². The average molecular weight is 433 g/mol. The van der Waals surface area contributed by atoms with Crippen LogP contribution >= 0.6 is 0 Å². The smallest absolute Gasteiger partial charge is 0.342 e. The normalized spacial score (nSPS) is 30.7. The van der Waals surface area contributed by atoms with Crippen molar-refractivity contribution in [2.75, 3.05) is 18.0 Å². The Kier molecular flexibility index (Phi) is 7.12. The first kappa shape index (κ1) is 23.0. The van der Waals surface area contributed by atoms with Crippen LogP contribution in [0.3, 0.4) is 0 Å². The van der Waals surface area contributed by atoms with E-state index in [1.54, 1.807) is 19.9 Å². The number of carbonyl (C=O) groups is 2. The van der Waals surface area contributed by atoms with Crippen molar-refractivity contribution < 1.29 is 34.0 Å². The van der Waals surface area contributed by atoms with Crippen LogP contribution < -0.4 is 4.90 Å². The van der Waals surface area contributed by atoms with E-state index in [0.29, 0.717) is 5.56 Å². The van der Waals surface area contributed by atoms with E-state index in [-0.39, 0.29) is 17.7 Å². The predicted molar refractivity (Wildman–Crippen MR) is 113 cm³/mol. The number of Topliss-reactive ketones (excluding diaryl/α,β-unsaturated/α-hetero) is 1. The molecule has 0 aromatic heterocycles. The molecule has 0 amide bonds. The molecule has 0 saturated carbocycles. The first-order valence-electron chi connectivity index (χ1n) is 10.5. The van der Waals surface area contributed by atoms with Crippen molar-refractivity contribution in [1.82, 2.24) is 0 Å². The second-order valence-corrected chi connectivity index (χ2v) is 8.12. The second-order valence-electron chi connectivity index (χ2n) is 8.12. The molecule has 0 spiro atoms. The van der Waals surface area contributed by atoms with Crippen molar-refractivity contribution in [3.63, 3.8) is 0 Å². The summed E-state index contributed by atoms with van der Waals surface area (Å²) in [5, 5.41) is 30.7. The molecular formula is C23H28FNO6. The van der Waals surface area contributed by atoms with E-state index in [4.69, 9.17) is 4.74 Å². The molecule has 0 radical (unpaired) electrons. The van der Waals surface area contributed by atoms with E-state index in [1.807, 2.05) is 0 Å². The topological polar surface area (TPSA) is 107 Å². The molecule has 2 heterocycles. The highest BCUT2D eigenvalue weighted by atomic mass is 19.1. The Morgan fingerprint density at radius 2 is 1.81 bits per heavy atom. The van der Waals surface area contributed by atoms with Gasteiger partial charge in [0.15, 0.2) is 5.83 Å². The number of aliphatic hydroxyl groups excluding tert-OH is 2. The zero-order chi connectivity index (χ0) is 22.7. The number of carbonyl (C=O) groups excluding carboxylic acids is 2. The minimum atomic E-state index is -1.92. The Hall–Kier alpha value is -2.71. The molecule has 0 unspecified atom stereocenters. The standard InChI is InChI=1S/C23H28FNO6/c1-13-10-17(24)21(28)22(29)18(26)7-5-6-15-11-16(25-8-3-4-9-25)12-19(27)20(15)23(30)31-14(13)2/h5-6,10-14,18,22,26-27,29H,3-4,7-9H2,1-2H3/b6-5+,17-10+/t13-,14+,18+,22+/m1/s1. The molecule has 1 saturated heterocycles. The van der Waals surface area contributed by atoms with Gasteiger partial charge in [-0.2, -0.15) is 0 Å². The van der Waals surface area contributed by atoms with Crippen molar-refractivity contribution in [3.05, 3.63) is 41.2 Å². The number of phenols is 1. The number of ether oxygens (including phenoxy) is 1. The third-order valence-electron chi connectivity index (χ3n) is 5.79. The number of benzene rings is 1. The van der Waals surface area contributed by atoms with Gasteiger partial charge in [-0.05, 0) is 43.9 Å². The number of esters is 1. The SMILES string of the molecule is C[C@@H]1/C=C(/F)C(=O)[C@@H](O)[C@@H](O)C/C=C/c2cc(N3CCCC3)cc(O)c2C(=O)O[C@H]1C. The van der Waals surface area contributed by atoms with Crippen LogP contribution in [0.25, 0.3) is 6.08 Å². The summed E-state index contributed by atoms with van der Waals surface area (Å²) in [6.07, 6.45) is 1.58. The summed E-state index contributed by atoms with van der Waals surface area (Å²) in [5.74, 6) is -4.13. The lowest BCUT2D eigenvalue weighted by Crippen LogP contribution is -2.34. The molecular weight excluding hydrogens is 405 g/mol. The van der Waals surface area contributed by atoms with Gasteiger partial charge in [0.25, 0.3) is 0 Å². The number of aromatic hydroxyl groups is 1. The highest BCUT2D eigenvalue weighted by Crippen LogP contribution is 2.33. The Bertz CT molecular complexity index is 906. The number of rotatable bonds is 1. The van der Waals surface area contributed by atoms with Crippen LogP contribution in [0.4, 0.5) is 10.1 Å². The summed E-state index contributed by atoms with van der Waals surface area (Å²) in [4.78, 5) is 27.0. The van der Waals surface area contributed by atoms with E-state index in [2.05, 4.69) is 4.90 Å². The Morgan fingerprint density at radius 1 is 1.13 bits per heavy atom. The summed E-state index contributed by atoms with van der Waals surface area (Å²) in [6, 6.07) is 3.28. The predicted octanol–water partition coefficient (Wildman–Crippen LogP) is 2.74. The lowest BCUT2D eigenvalue weighted by Gasteiger charge is -2.22. The van der Waals surface area contributed by atoms with E-state index < -0.39 is 41.8 Å². The molecule has 0 bridgehead atoms. The van der Waals surface area contributed by atoms with Crippen molar-refractivity contribution in [3.8, 4) is 5.75 Å². The second kappa shape index (κ2) is 9.62. The lowest BCUT2D eigenvalue weighted by molar-refractivity contribution is -0.130. The number of fused-ring (bicyclic) bond motifs is 1. The summed E-state index contributed by atoms with van der Waals surface area (Å²) >= 11 is 0. The van der Waals surface area contributed by atoms with Gasteiger partial charge in [-0.15, -0.1) is 0 Å². The maximum atomic E-state index is 14.2. The van der Waals surface area contributed by atoms with Crippen molar-refractivity contribution in [1.29, 1.82) is 0 Å². The number of anilines is 1. The maximum absolute atomic E-state index is 14.2. The highest BCUT2D eigenvalue weighted by Gasteiger charge is 2.29. The zero-order valence-electron chi connectivity index (χ0n) is 17.6. The van der Waals surface area contributed by atoms with Crippen LogP contribution in [0.1, 0.15) is 49.0 Å². The zero-order valence-corrected chi connectivity index (χ0v) is 17.6. The Labute approximate surface area is 180 Å². The molecule has 2 aliphatic heterocycles. The fraction of sp³-hybridized carbons (Fsp3) is 0.478. The summed E-state index contributed by atoms with van der Waals surface area (Å²) in [7, 11) is 0. The third-order valence-corrected chi connectivity index (χ3v) is 5.79. The van der Waals surface area contributed by atoms with Crippen LogP contribution in [-0.2, 0) is 9.53 Å². The van der Waals surface area contributed by atoms with Gasteiger partial charge in [0, 0.05) is 30.8 Å². The molecule has 168 valence electrons. The molecule has 31 heavy (non-hydrogen) atoms. The van der Waals surface area contributed by atoms with Gasteiger partial charge in [0.05, 0.1) is 6.10 Å². The Balaban J connectivity index is 2.04. The number of cyclic esters (lactones) is 1. The van der Waals surface area contributed by atoms with Gasteiger partial charge in [-0.3, -0.25) is 4.79 Å². The van der Waals surface area contributed by atoms with Crippen LogP contribution in [0.5, 0.6) is 5.75 Å². The summed E-state index contributed by atoms with van der Waals surface area (Å²) in [5.41, 5.74) is 1.11. The van der Waals surface area contributed by atoms with Gasteiger partial charge in [0.1, 0.15) is 23.5 Å². The monoisotopic (exact) mass is 433 g/mol. The van der Waals surface area contributed by atoms with Gasteiger partial charge >= 0.3 is 5.97 Å². The molecule has 0 aliphatic carbocycles. The third kappa shape index (κ3) is 5.14. The van der Waals surface area contributed by atoms with E-state index in [1.165, 1.54) is 18.2 Å². The van der Waals surface area contributed by atoms with E-state index in [9.17, 15) is 29.3 Å². The largest absolute Gasteiger partial charge is 0.507 e. The highest BCUT2D eigenvalue weighted by molar-refractivity contribution is 5.98. The number of hydrogen-bond acceptors (Lipinski definition) is 7. The molecule has 2 aliphatic rings. The number of hydrogen-bond donors (Lipinski definition) is 3. The summed E-state index contributed by atoms with van der Waals surface area (Å²) < 4.78 is 19.7.